The minimum absolute atomic E-state index is 0.249. The van der Waals surface area contributed by atoms with E-state index >= 15 is 0 Å². The van der Waals surface area contributed by atoms with E-state index in [-0.39, 0.29) is 5.97 Å². The molecule has 0 spiro atoms. The summed E-state index contributed by atoms with van der Waals surface area (Å²) in [5.74, 6) is 0.715. The predicted octanol–water partition coefficient (Wildman–Crippen LogP) is 3.47. The number of carbonyl (C=O) groups is 1. The van der Waals surface area contributed by atoms with Crippen LogP contribution in [0.3, 0.4) is 0 Å². The lowest BCUT2D eigenvalue weighted by molar-refractivity contribution is -0.138. The number of hydrogen-bond acceptors (Lipinski definition) is 2. The van der Waals surface area contributed by atoms with Gasteiger partial charge in [0.25, 0.3) is 0 Å². The van der Waals surface area contributed by atoms with Gasteiger partial charge in [-0.25, -0.2) is 4.79 Å². The minimum Gasteiger partial charge on any atom is -0.463 e. The van der Waals surface area contributed by atoms with Gasteiger partial charge in [0.2, 0.25) is 0 Å². The van der Waals surface area contributed by atoms with Gasteiger partial charge in [0.05, 0.1) is 6.61 Å². The predicted molar refractivity (Wildman–Crippen MR) is 72.4 cm³/mol. The third kappa shape index (κ3) is 2.47. The van der Waals surface area contributed by atoms with Crippen LogP contribution in [0, 0.1) is 5.92 Å². The monoisotopic (exact) mass is 244 g/mol. The normalized spacial score (nSPS) is 21.4. The summed E-state index contributed by atoms with van der Waals surface area (Å²) in [5, 5.41) is 0. The number of benzene rings is 1. The molecule has 18 heavy (non-hydrogen) atoms. The standard InChI is InChI=1S/C16H20O2/c1-4-18-16(17)11(2)9-14-10-13-7-5-6-8-15(13)12(14)3/h5-8,12,14H,2,4,9-10H2,1,3H3/t12-,14+/m0/s1. The minimum atomic E-state index is -0.249. The summed E-state index contributed by atoms with van der Waals surface area (Å²) < 4.78 is 4.99. The largest absolute Gasteiger partial charge is 0.463 e. The molecule has 0 aromatic heterocycles. The molecule has 0 unspecified atom stereocenters. The van der Waals surface area contributed by atoms with Crippen molar-refractivity contribution in [2.45, 2.75) is 32.6 Å². The van der Waals surface area contributed by atoms with Gasteiger partial charge in [0.15, 0.2) is 0 Å². The molecule has 1 aromatic carbocycles. The zero-order valence-electron chi connectivity index (χ0n) is 11.1. The van der Waals surface area contributed by atoms with Crippen molar-refractivity contribution in [3.63, 3.8) is 0 Å². The van der Waals surface area contributed by atoms with E-state index in [1.165, 1.54) is 11.1 Å². The Morgan fingerprint density at radius 1 is 1.44 bits per heavy atom. The average molecular weight is 244 g/mol. The molecule has 0 bridgehead atoms. The molecule has 1 aromatic rings. The summed E-state index contributed by atoms with van der Waals surface area (Å²) in [5.41, 5.74) is 3.42. The van der Waals surface area contributed by atoms with Crippen molar-refractivity contribution >= 4 is 5.97 Å². The lowest BCUT2D eigenvalue weighted by atomic mass is 9.89. The van der Waals surface area contributed by atoms with E-state index in [1.807, 2.05) is 6.92 Å². The molecule has 1 aliphatic rings. The molecule has 1 aliphatic carbocycles. The van der Waals surface area contributed by atoms with E-state index in [2.05, 4.69) is 37.8 Å². The van der Waals surface area contributed by atoms with Gasteiger partial charge >= 0.3 is 5.97 Å². The zero-order valence-corrected chi connectivity index (χ0v) is 11.1. The van der Waals surface area contributed by atoms with Gasteiger partial charge in [-0.3, -0.25) is 0 Å². The van der Waals surface area contributed by atoms with Crippen LogP contribution in [-0.2, 0) is 16.0 Å². The Kier molecular flexibility index (Phi) is 3.85. The molecule has 2 rings (SSSR count). The molecule has 0 N–H and O–H groups in total. The van der Waals surface area contributed by atoms with Crippen LogP contribution < -0.4 is 0 Å². The van der Waals surface area contributed by atoms with Gasteiger partial charge in [-0.15, -0.1) is 0 Å². The molecule has 0 amide bonds. The van der Waals surface area contributed by atoms with Gasteiger partial charge in [-0.05, 0) is 42.7 Å². The first-order valence-electron chi connectivity index (χ1n) is 6.56. The van der Waals surface area contributed by atoms with Crippen molar-refractivity contribution < 1.29 is 9.53 Å². The number of rotatable bonds is 4. The van der Waals surface area contributed by atoms with E-state index in [0.29, 0.717) is 24.0 Å². The van der Waals surface area contributed by atoms with E-state index in [9.17, 15) is 4.79 Å². The lowest BCUT2D eigenvalue weighted by Crippen LogP contribution is -2.13. The highest BCUT2D eigenvalue weighted by Crippen LogP contribution is 2.40. The maximum atomic E-state index is 11.6. The zero-order chi connectivity index (χ0) is 13.1. The third-order valence-corrected chi connectivity index (χ3v) is 3.81. The Morgan fingerprint density at radius 3 is 2.83 bits per heavy atom. The quantitative estimate of drug-likeness (QED) is 0.599. The SMILES string of the molecule is C=C(C[C@@H]1Cc2ccccc2[C@H]1C)C(=O)OCC. The highest BCUT2D eigenvalue weighted by Gasteiger charge is 2.30. The first kappa shape index (κ1) is 12.9. The molecule has 2 heteroatoms. The van der Waals surface area contributed by atoms with Crippen LogP contribution in [0.25, 0.3) is 0 Å². The van der Waals surface area contributed by atoms with Crippen LogP contribution in [0.1, 0.15) is 37.3 Å². The smallest absolute Gasteiger partial charge is 0.333 e. The Balaban J connectivity index is 2.02. The molecule has 0 fully saturated rings. The van der Waals surface area contributed by atoms with Crippen molar-refractivity contribution in [1.29, 1.82) is 0 Å². The first-order valence-corrected chi connectivity index (χ1v) is 6.56. The fraction of sp³-hybridized carbons (Fsp3) is 0.438. The van der Waals surface area contributed by atoms with E-state index < -0.39 is 0 Å². The summed E-state index contributed by atoms with van der Waals surface area (Å²) in [6, 6.07) is 8.53. The highest BCUT2D eigenvalue weighted by molar-refractivity contribution is 5.87. The number of carbonyl (C=O) groups excluding carboxylic acids is 1. The van der Waals surface area contributed by atoms with Crippen LogP contribution in [0.15, 0.2) is 36.4 Å². The topological polar surface area (TPSA) is 26.3 Å². The highest BCUT2D eigenvalue weighted by atomic mass is 16.5. The molecule has 0 saturated heterocycles. The molecule has 0 radical (unpaired) electrons. The van der Waals surface area contributed by atoms with Gasteiger partial charge < -0.3 is 4.74 Å². The maximum absolute atomic E-state index is 11.6. The van der Waals surface area contributed by atoms with Crippen molar-refractivity contribution in [2.75, 3.05) is 6.61 Å². The van der Waals surface area contributed by atoms with Crippen molar-refractivity contribution in [3.8, 4) is 0 Å². The summed E-state index contributed by atoms with van der Waals surface area (Å²) in [4.78, 5) is 11.6. The van der Waals surface area contributed by atoms with Crippen molar-refractivity contribution in [2.24, 2.45) is 5.92 Å². The maximum Gasteiger partial charge on any atom is 0.333 e. The molecule has 0 aliphatic heterocycles. The van der Waals surface area contributed by atoms with E-state index in [4.69, 9.17) is 4.74 Å². The molecule has 2 atom stereocenters. The molecular weight excluding hydrogens is 224 g/mol. The second-order valence-corrected chi connectivity index (χ2v) is 4.98. The summed E-state index contributed by atoms with van der Waals surface area (Å²) in [6.07, 6.45) is 1.77. The number of fused-ring (bicyclic) bond motifs is 1. The van der Waals surface area contributed by atoms with Gasteiger partial charge in [-0.1, -0.05) is 37.8 Å². The molecule has 96 valence electrons. The fourth-order valence-corrected chi connectivity index (χ4v) is 2.76. The Hall–Kier alpha value is -1.57. The Morgan fingerprint density at radius 2 is 2.17 bits per heavy atom. The van der Waals surface area contributed by atoms with Crippen LogP contribution in [0.2, 0.25) is 0 Å². The van der Waals surface area contributed by atoms with Gasteiger partial charge in [-0.2, -0.15) is 0 Å². The number of esters is 1. The Bertz CT molecular complexity index is 462. The second kappa shape index (κ2) is 5.38. The van der Waals surface area contributed by atoms with Crippen LogP contribution in [0.5, 0.6) is 0 Å². The summed E-state index contributed by atoms with van der Waals surface area (Å²) in [7, 11) is 0. The second-order valence-electron chi connectivity index (χ2n) is 4.98. The van der Waals surface area contributed by atoms with Crippen molar-refractivity contribution in [1.82, 2.24) is 0 Å². The molecule has 0 saturated carbocycles. The Labute approximate surface area is 109 Å². The molecule has 2 nitrogen and oxygen atoms in total. The van der Waals surface area contributed by atoms with E-state index in [0.717, 1.165) is 12.8 Å². The van der Waals surface area contributed by atoms with Crippen LogP contribution in [-0.4, -0.2) is 12.6 Å². The summed E-state index contributed by atoms with van der Waals surface area (Å²) >= 11 is 0. The third-order valence-electron chi connectivity index (χ3n) is 3.81. The lowest BCUT2D eigenvalue weighted by Gasteiger charge is -2.16. The first-order chi connectivity index (χ1) is 8.63. The molecule has 0 heterocycles. The van der Waals surface area contributed by atoms with Crippen molar-refractivity contribution in [3.05, 3.63) is 47.5 Å². The van der Waals surface area contributed by atoms with Gasteiger partial charge in [0.1, 0.15) is 0 Å². The van der Waals surface area contributed by atoms with E-state index in [1.54, 1.807) is 0 Å². The number of hydrogen-bond donors (Lipinski definition) is 0. The van der Waals surface area contributed by atoms with Crippen LogP contribution >= 0.6 is 0 Å². The van der Waals surface area contributed by atoms with Crippen LogP contribution in [0.4, 0.5) is 0 Å². The fourth-order valence-electron chi connectivity index (χ4n) is 2.76. The van der Waals surface area contributed by atoms with Gasteiger partial charge in [0, 0.05) is 5.57 Å². The summed E-state index contributed by atoms with van der Waals surface area (Å²) in [6.45, 7) is 8.32. The average Bonchev–Trinajstić information content (AvgIpc) is 2.67. The molecular formula is C16H20O2. The number of ether oxygens (including phenoxy) is 1.